The van der Waals surface area contributed by atoms with Gasteiger partial charge in [-0.15, -0.1) is 11.3 Å². The quantitative estimate of drug-likeness (QED) is 0.642. The van der Waals surface area contributed by atoms with Gasteiger partial charge < -0.3 is 9.26 Å². The molecule has 3 aromatic rings. The SMILES string of the molecule is O=S(=O)(NCCc1noc(C2CCCO2)n1)c1ccc(-c2ccncc2)s1. The molecule has 1 N–H and O–H groups in total. The summed E-state index contributed by atoms with van der Waals surface area (Å²) in [5, 5.41) is 3.89. The zero-order valence-corrected chi connectivity index (χ0v) is 16.0. The third-order valence-corrected chi connectivity index (χ3v) is 7.23. The van der Waals surface area contributed by atoms with Crippen LogP contribution in [-0.4, -0.2) is 36.7 Å². The van der Waals surface area contributed by atoms with Crippen LogP contribution in [0.15, 0.2) is 45.4 Å². The largest absolute Gasteiger partial charge is 0.368 e. The third kappa shape index (κ3) is 4.24. The normalized spacial score (nSPS) is 17.4. The van der Waals surface area contributed by atoms with Crippen molar-refractivity contribution in [3.63, 3.8) is 0 Å². The minimum atomic E-state index is -3.58. The molecule has 27 heavy (non-hydrogen) atoms. The van der Waals surface area contributed by atoms with Crippen molar-refractivity contribution in [1.82, 2.24) is 19.8 Å². The van der Waals surface area contributed by atoms with E-state index in [1.165, 1.54) is 11.3 Å². The van der Waals surface area contributed by atoms with Crippen LogP contribution in [0, 0.1) is 0 Å². The summed E-state index contributed by atoms with van der Waals surface area (Å²) in [6.45, 7) is 0.889. The molecule has 142 valence electrons. The van der Waals surface area contributed by atoms with Gasteiger partial charge in [-0.2, -0.15) is 4.98 Å². The Bertz CT molecular complexity index is 995. The van der Waals surface area contributed by atoms with Gasteiger partial charge in [0.2, 0.25) is 10.0 Å². The van der Waals surface area contributed by atoms with Crippen molar-refractivity contribution < 1.29 is 17.7 Å². The first kappa shape index (κ1) is 18.2. The molecule has 4 rings (SSSR count). The first-order valence-electron chi connectivity index (χ1n) is 8.56. The number of nitrogens with zero attached hydrogens (tertiary/aromatic N) is 3. The third-order valence-electron chi connectivity index (χ3n) is 4.14. The lowest BCUT2D eigenvalue weighted by molar-refractivity contribution is 0.0835. The molecule has 0 aromatic carbocycles. The zero-order chi connectivity index (χ0) is 18.7. The number of thiophene rings is 1. The summed E-state index contributed by atoms with van der Waals surface area (Å²) in [5.74, 6) is 0.928. The number of sulfonamides is 1. The van der Waals surface area contributed by atoms with Crippen molar-refractivity contribution in [3.8, 4) is 10.4 Å². The number of hydrogen-bond acceptors (Lipinski definition) is 8. The van der Waals surface area contributed by atoms with Crippen LogP contribution >= 0.6 is 11.3 Å². The summed E-state index contributed by atoms with van der Waals surface area (Å²) >= 11 is 1.22. The van der Waals surface area contributed by atoms with E-state index in [-0.39, 0.29) is 16.9 Å². The average molecular weight is 406 g/mol. The summed E-state index contributed by atoms with van der Waals surface area (Å²) < 4.78 is 38.5. The predicted octanol–water partition coefficient (Wildman–Crippen LogP) is 2.57. The molecule has 10 heteroatoms. The van der Waals surface area contributed by atoms with E-state index >= 15 is 0 Å². The molecule has 4 heterocycles. The fourth-order valence-electron chi connectivity index (χ4n) is 2.78. The highest BCUT2D eigenvalue weighted by molar-refractivity contribution is 7.91. The molecule has 1 unspecified atom stereocenters. The van der Waals surface area contributed by atoms with Gasteiger partial charge in [-0.1, -0.05) is 5.16 Å². The molecule has 1 saturated heterocycles. The molecular formula is C17H18N4O4S2. The van der Waals surface area contributed by atoms with Crippen molar-refractivity contribution >= 4 is 21.4 Å². The van der Waals surface area contributed by atoms with E-state index in [9.17, 15) is 8.42 Å². The lowest BCUT2D eigenvalue weighted by Crippen LogP contribution is -2.25. The second kappa shape index (κ2) is 7.85. The van der Waals surface area contributed by atoms with Crippen molar-refractivity contribution in [3.05, 3.63) is 48.4 Å². The molecule has 1 aliphatic rings. The maximum absolute atomic E-state index is 12.5. The van der Waals surface area contributed by atoms with Gasteiger partial charge in [0, 0.05) is 36.8 Å². The van der Waals surface area contributed by atoms with E-state index in [0.29, 0.717) is 24.7 Å². The molecule has 0 radical (unpaired) electrons. The van der Waals surface area contributed by atoms with E-state index in [4.69, 9.17) is 9.26 Å². The number of aromatic nitrogens is 3. The number of ether oxygens (including phenoxy) is 1. The summed E-state index contributed by atoms with van der Waals surface area (Å²) in [6, 6.07) is 7.09. The highest BCUT2D eigenvalue weighted by Crippen LogP contribution is 2.30. The fourth-order valence-corrected chi connectivity index (χ4v) is 5.16. The molecular weight excluding hydrogens is 388 g/mol. The lowest BCUT2D eigenvalue weighted by atomic mass is 10.2. The molecule has 0 saturated carbocycles. The van der Waals surface area contributed by atoms with E-state index in [0.717, 1.165) is 23.3 Å². The highest BCUT2D eigenvalue weighted by atomic mass is 32.2. The fraction of sp³-hybridized carbons (Fsp3) is 0.353. The van der Waals surface area contributed by atoms with Crippen molar-refractivity contribution in [2.24, 2.45) is 0 Å². The summed E-state index contributed by atoms with van der Waals surface area (Å²) in [6.07, 6.45) is 5.41. The van der Waals surface area contributed by atoms with Crippen molar-refractivity contribution in [2.75, 3.05) is 13.2 Å². The summed E-state index contributed by atoms with van der Waals surface area (Å²) in [4.78, 5) is 9.13. The Morgan fingerprint density at radius 3 is 2.85 bits per heavy atom. The molecule has 0 bridgehead atoms. The van der Waals surface area contributed by atoms with Gasteiger partial charge in [0.15, 0.2) is 5.82 Å². The maximum Gasteiger partial charge on any atom is 0.255 e. The Morgan fingerprint density at radius 2 is 2.07 bits per heavy atom. The second-order valence-electron chi connectivity index (χ2n) is 6.05. The van der Waals surface area contributed by atoms with Gasteiger partial charge in [-0.05, 0) is 42.7 Å². The van der Waals surface area contributed by atoms with Crippen LogP contribution in [0.1, 0.15) is 30.7 Å². The number of hydrogen-bond donors (Lipinski definition) is 1. The Balaban J connectivity index is 1.36. The minimum absolute atomic E-state index is 0.138. The Morgan fingerprint density at radius 1 is 1.22 bits per heavy atom. The van der Waals surface area contributed by atoms with Gasteiger partial charge in [-0.3, -0.25) is 4.98 Å². The van der Waals surface area contributed by atoms with Crippen molar-refractivity contribution in [1.29, 1.82) is 0 Å². The van der Waals surface area contributed by atoms with Crippen LogP contribution in [0.3, 0.4) is 0 Å². The van der Waals surface area contributed by atoms with E-state index in [1.54, 1.807) is 24.5 Å². The molecule has 8 nitrogen and oxygen atoms in total. The standard InChI is InChI=1S/C17H18N4O4S2/c22-27(23,16-4-3-14(26-16)12-5-8-18-9-6-12)19-10-7-15-20-17(25-21-15)13-2-1-11-24-13/h3-6,8-9,13,19H,1-2,7,10-11H2. The van der Waals surface area contributed by atoms with E-state index < -0.39 is 10.0 Å². The van der Waals surface area contributed by atoms with Gasteiger partial charge in [0.05, 0.1) is 0 Å². The summed E-state index contributed by atoms with van der Waals surface area (Å²) in [7, 11) is -3.58. The predicted molar refractivity (Wildman–Crippen MR) is 98.7 cm³/mol. The molecule has 3 aromatic heterocycles. The molecule has 1 atom stereocenters. The minimum Gasteiger partial charge on any atom is -0.368 e. The second-order valence-corrected chi connectivity index (χ2v) is 9.13. The number of rotatable bonds is 7. The van der Waals surface area contributed by atoms with Crippen LogP contribution in [0.4, 0.5) is 0 Å². The number of nitrogens with one attached hydrogen (secondary N) is 1. The first-order chi connectivity index (χ1) is 13.1. The van der Waals surface area contributed by atoms with Gasteiger partial charge >= 0.3 is 0 Å². The Labute approximate surface area is 160 Å². The highest BCUT2D eigenvalue weighted by Gasteiger charge is 2.24. The van der Waals surface area contributed by atoms with E-state index in [2.05, 4.69) is 19.8 Å². The van der Waals surface area contributed by atoms with Crippen LogP contribution in [0.2, 0.25) is 0 Å². The number of pyridine rings is 1. The van der Waals surface area contributed by atoms with Crippen LogP contribution in [0.5, 0.6) is 0 Å². The Hall–Kier alpha value is -2.14. The van der Waals surface area contributed by atoms with E-state index in [1.807, 2.05) is 12.1 Å². The molecule has 1 aliphatic heterocycles. The first-order valence-corrected chi connectivity index (χ1v) is 10.9. The monoisotopic (exact) mass is 406 g/mol. The molecule has 1 fully saturated rings. The smallest absolute Gasteiger partial charge is 0.255 e. The zero-order valence-electron chi connectivity index (χ0n) is 14.4. The van der Waals surface area contributed by atoms with Crippen LogP contribution < -0.4 is 4.72 Å². The maximum atomic E-state index is 12.5. The lowest BCUT2D eigenvalue weighted by Gasteiger charge is -2.03. The molecule has 0 spiro atoms. The molecule has 0 aliphatic carbocycles. The van der Waals surface area contributed by atoms with Crippen molar-refractivity contribution in [2.45, 2.75) is 29.6 Å². The topological polar surface area (TPSA) is 107 Å². The van der Waals surface area contributed by atoms with Gasteiger partial charge in [-0.25, -0.2) is 13.1 Å². The van der Waals surface area contributed by atoms with Gasteiger partial charge in [0.1, 0.15) is 10.3 Å². The summed E-state index contributed by atoms with van der Waals surface area (Å²) in [5.41, 5.74) is 0.935. The average Bonchev–Trinajstić information content (AvgIpc) is 3.42. The van der Waals surface area contributed by atoms with Crippen LogP contribution in [-0.2, 0) is 21.2 Å². The van der Waals surface area contributed by atoms with Gasteiger partial charge in [0.25, 0.3) is 5.89 Å². The molecule has 0 amide bonds. The van der Waals surface area contributed by atoms with Crippen LogP contribution in [0.25, 0.3) is 10.4 Å². The Kier molecular flexibility index (Phi) is 5.30.